The van der Waals surface area contributed by atoms with Crippen molar-refractivity contribution in [2.24, 2.45) is 0 Å². The molecule has 2 nitrogen and oxygen atoms in total. The normalized spacial score (nSPS) is 11.9. The molecule has 1 aromatic carbocycles. The molecule has 0 spiro atoms. The minimum absolute atomic E-state index is 0. The molecule has 0 saturated carbocycles. The van der Waals surface area contributed by atoms with Gasteiger partial charge in [-0.1, -0.05) is 47.6 Å². The van der Waals surface area contributed by atoms with E-state index in [1.165, 1.54) is 0 Å². The van der Waals surface area contributed by atoms with Crippen LogP contribution < -0.4 is 0 Å². The molecule has 18 heavy (non-hydrogen) atoms. The second kappa shape index (κ2) is 5.77. The molecule has 1 aromatic rings. The average Bonchev–Trinajstić information content (AvgIpc) is 2.14. The summed E-state index contributed by atoms with van der Waals surface area (Å²) >= 11 is 0. The maximum absolute atomic E-state index is 11.2. The van der Waals surface area contributed by atoms with Crippen LogP contribution in [0.1, 0.15) is 63.0 Å². The van der Waals surface area contributed by atoms with Gasteiger partial charge in [0, 0.05) is 0 Å². The van der Waals surface area contributed by atoms with Crippen LogP contribution in [0.5, 0.6) is 0 Å². The second-order valence-electron chi connectivity index (χ2n) is 6.60. The zero-order valence-electron chi connectivity index (χ0n) is 11.6. The SMILES string of the molecule is CC(C)(C)c1cc(C(=O)O)cc(C(C)(C)C)c1.[NaH]. The molecule has 0 aromatic heterocycles. The first-order valence-corrected chi connectivity index (χ1v) is 5.91. The summed E-state index contributed by atoms with van der Waals surface area (Å²) in [5.41, 5.74) is 2.45. The number of rotatable bonds is 1. The summed E-state index contributed by atoms with van der Waals surface area (Å²) in [5, 5.41) is 9.17. The summed E-state index contributed by atoms with van der Waals surface area (Å²) in [6, 6.07) is 5.67. The molecule has 0 radical (unpaired) electrons. The number of aromatic carboxylic acids is 1. The molecule has 0 fully saturated rings. The first-order valence-electron chi connectivity index (χ1n) is 5.91. The van der Waals surface area contributed by atoms with Crippen molar-refractivity contribution in [1.29, 1.82) is 0 Å². The van der Waals surface area contributed by atoms with Crippen LogP contribution in [-0.4, -0.2) is 40.6 Å². The van der Waals surface area contributed by atoms with Crippen LogP contribution in [0.4, 0.5) is 0 Å². The van der Waals surface area contributed by atoms with Crippen molar-refractivity contribution < 1.29 is 9.90 Å². The number of carboxylic acids is 1. The quantitative estimate of drug-likeness (QED) is 0.784. The molecule has 0 aliphatic heterocycles. The zero-order chi connectivity index (χ0) is 13.4. The zero-order valence-corrected chi connectivity index (χ0v) is 11.6. The minimum atomic E-state index is -0.860. The standard InChI is InChI=1S/C15H22O2.Na.H/c1-14(2,3)11-7-10(13(16)17)8-12(9-11)15(4,5)6;;/h7-9H,1-6H3,(H,16,17);;. The van der Waals surface area contributed by atoms with Gasteiger partial charge in [-0.15, -0.1) is 0 Å². The number of carbonyl (C=O) groups is 1. The third-order valence-corrected chi connectivity index (χ3v) is 2.91. The maximum atomic E-state index is 11.2. The van der Waals surface area contributed by atoms with Crippen molar-refractivity contribution >= 4 is 35.5 Å². The van der Waals surface area contributed by atoms with Crippen LogP contribution >= 0.6 is 0 Å². The fraction of sp³-hybridized carbons (Fsp3) is 0.533. The summed E-state index contributed by atoms with van der Waals surface area (Å²) in [4.78, 5) is 11.2. The van der Waals surface area contributed by atoms with Crippen LogP contribution in [0.3, 0.4) is 0 Å². The summed E-state index contributed by atoms with van der Waals surface area (Å²) in [7, 11) is 0. The first-order chi connectivity index (χ1) is 7.51. The Morgan fingerprint density at radius 1 is 0.889 bits per heavy atom. The Balaban J connectivity index is 0.00000289. The van der Waals surface area contributed by atoms with Gasteiger partial charge < -0.3 is 5.11 Å². The van der Waals surface area contributed by atoms with Gasteiger partial charge in [0.25, 0.3) is 0 Å². The monoisotopic (exact) mass is 258 g/mol. The van der Waals surface area contributed by atoms with Crippen LogP contribution in [-0.2, 0) is 10.8 Å². The first kappa shape index (κ1) is 17.7. The molecule has 0 unspecified atom stereocenters. The fourth-order valence-electron chi connectivity index (χ4n) is 1.62. The van der Waals surface area contributed by atoms with Crippen LogP contribution in [0.2, 0.25) is 0 Å². The van der Waals surface area contributed by atoms with E-state index in [4.69, 9.17) is 5.11 Å². The Morgan fingerprint density at radius 2 is 1.22 bits per heavy atom. The molecule has 0 saturated heterocycles. The molecule has 96 valence electrons. The van der Waals surface area contributed by atoms with E-state index in [1.54, 1.807) is 12.1 Å². The number of hydrogen-bond donors (Lipinski definition) is 1. The van der Waals surface area contributed by atoms with Crippen LogP contribution in [0, 0.1) is 0 Å². The van der Waals surface area contributed by atoms with Gasteiger partial charge in [-0.2, -0.15) is 0 Å². The molecule has 0 aliphatic carbocycles. The van der Waals surface area contributed by atoms with Crippen molar-refractivity contribution in [3.05, 3.63) is 34.9 Å². The van der Waals surface area contributed by atoms with E-state index in [2.05, 4.69) is 47.6 Å². The van der Waals surface area contributed by atoms with Gasteiger partial charge in [-0.05, 0) is 34.1 Å². The van der Waals surface area contributed by atoms with E-state index >= 15 is 0 Å². The Bertz CT molecular complexity index is 405. The summed E-state index contributed by atoms with van der Waals surface area (Å²) < 4.78 is 0. The molecule has 1 N–H and O–H groups in total. The molecule has 0 heterocycles. The number of benzene rings is 1. The van der Waals surface area contributed by atoms with E-state index in [-0.39, 0.29) is 40.4 Å². The number of carboxylic acid groups (broad SMARTS) is 1. The van der Waals surface area contributed by atoms with E-state index in [9.17, 15) is 4.79 Å². The molecule has 3 heteroatoms. The molecule has 0 amide bonds. The molecule has 0 aliphatic rings. The molecular formula is C15H23NaO2. The van der Waals surface area contributed by atoms with E-state index in [0.717, 1.165) is 11.1 Å². The third kappa shape index (κ3) is 4.42. The van der Waals surface area contributed by atoms with Gasteiger partial charge >= 0.3 is 35.5 Å². The Kier molecular flexibility index (Phi) is 5.67. The van der Waals surface area contributed by atoms with Crippen molar-refractivity contribution in [3.8, 4) is 0 Å². The Hall–Kier alpha value is -0.310. The predicted octanol–water partition coefficient (Wildman–Crippen LogP) is 3.33. The van der Waals surface area contributed by atoms with Crippen LogP contribution in [0.25, 0.3) is 0 Å². The number of hydrogen-bond acceptors (Lipinski definition) is 1. The fourth-order valence-corrected chi connectivity index (χ4v) is 1.62. The second-order valence-corrected chi connectivity index (χ2v) is 6.60. The van der Waals surface area contributed by atoms with Gasteiger partial charge in [0.1, 0.15) is 0 Å². The van der Waals surface area contributed by atoms with E-state index in [0.29, 0.717) is 5.56 Å². The third-order valence-electron chi connectivity index (χ3n) is 2.91. The van der Waals surface area contributed by atoms with Crippen molar-refractivity contribution in [3.63, 3.8) is 0 Å². The topological polar surface area (TPSA) is 37.3 Å². The predicted molar refractivity (Wildman–Crippen MR) is 78.0 cm³/mol. The van der Waals surface area contributed by atoms with Gasteiger partial charge in [-0.3, -0.25) is 0 Å². The van der Waals surface area contributed by atoms with Crippen molar-refractivity contribution in [2.75, 3.05) is 0 Å². The van der Waals surface area contributed by atoms with Gasteiger partial charge in [0.05, 0.1) is 5.56 Å². The summed E-state index contributed by atoms with van der Waals surface area (Å²) in [6.45, 7) is 12.6. The van der Waals surface area contributed by atoms with Gasteiger partial charge in [0.15, 0.2) is 0 Å². The summed E-state index contributed by atoms with van der Waals surface area (Å²) in [6.07, 6.45) is 0. The molecule has 0 bridgehead atoms. The summed E-state index contributed by atoms with van der Waals surface area (Å²) in [5.74, 6) is -0.860. The van der Waals surface area contributed by atoms with E-state index < -0.39 is 5.97 Å². The average molecular weight is 258 g/mol. The van der Waals surface area contributed by atoms with E-state index in [1.807, 2.05) is 0 Å². The van der Waals surface area contributed by atoms with Gasteiger partial charge in [0.2, 0.25) is 0 Å². The Labute approximate surface area is 132 Å². The molecule has 1 rings (SSSR count). The van der Waals surface area contributed by atoms with Gasteiger partial charge in [-0.25, -0.2) is 4.79 Å². The molecule has 0 atom stereocenters. The van der Waals surface area contributed by atoms with Crippen molar-refractivity contribution in [2.45, 2.75) is 52.4 Å². The molecular weight excluding hydrogens is 235 g/mol. The van der Waals surface area contributed by atoms with Crippen LogP contribution in [0.15, 0.2) is 18.2 Å². The Morgan fingerprint density at radius 3 is 1.44 bits per heavy atom. The van der Waals surface area contributed by atoms with Crippen molar-refractivity contribution in [1.82, 2.24) is 0 Å².